The van der Waals surface area contributed by atoms with Crippen molar-refractivity contribution in [2.45, 2.75) is 91.8 Å². The normalized spacial score (nSPS) is 12.3. The van der Waals surface area contributed by atoms with Crippen LogP contribution in [0.4, 0.5) is 0 Å². The molecule has 214 valence electrons. The van der Waals surface area contributed by atoms with Crippen LogP contribution in [0.1, 0.15) is 74.1 Å². The third-order valence-electron chi connectivity index (χ3n) is 5.71. The lowest BCUT2D eigenvalue weighted by Gasteiger charge is -2.40. The van der Waals surface area contributed by atoms with Gasteiger partial charge in [-0.3, -0.25) is 24.0 Å². The molecule has 0 radical (unpaired) electrons. The number of hydrogen-bond acceptors (Lipinski definition) is 6. The topological polar surface area (TPSA) is 140 Å². The average molecular weight is 527 g/mol. The lowest BCUT2D eigenvalue weighted by atomic mass is 9.98. The highest BCUT2D eigenvalue weighted by Crippen LogP contribution is 2.19. The molecule has 5 amide bonds. The van der Waals surface area contributed by atoms with E-state index in [-0.39, 0.29) is 43.3 Å². The lowest BCUT2D eigenvalue weighted by Crippen LogP contribution is -2.61. The van der Waals surface area contributed by atoms with Crippen molar-refractivity contribution in [1.82, 2.24) is 31.1 Å². The second kappa shape index (κ2) is 16.9. The summed E-state index contributed by atoms with van der Waals surface area (Å²) in [6.07, 6.45) is 1.56. The maximum Gasteiger partial charge on any atom is 0.245 e. The Balaban J connectivity index is 5.09. The average Bonchev–Trinajstić information content (AvgIpc) is 2.76. The number of carbonyl (C=O) groups is 5. The minimum atomic E-state index is -1.22. The minimum absolute atomic E-state index is 0.127. The molecule has 4 N–H and O–H groups in total. The van der Waals surface area contributed by atoms with E-state index in [1.807, 2.05) is 39.8 Å². The van der Waals surface area contributed by atoms with Crippen molar-refractivity contribution < 1.29 is 24.0 Å². The summed E-state index contributed by atoms with van der Waals surface area (Å²) in [5.74, 6) is -1.46. The Hall–Kier alpha value is -2.69. The van der Waals surface area contributed by atoms with Crippen LogP contribution in [0.2, 0.25) is 0 Å². The first-order chi connectivity index (χ1) is 17.1. The number of nitrogens with one attached hydrogen (secondary N) is 4. The Kier molecular flexibility index (Phi) is 15.7. The first-order valence-corrected chi connectivity index (χ1v) is 13.2. The molecule has 0 heterocycles. The number of rotatable bonds is 17. The summed E-state index contributed by atoms with van der Waals surface area (Å²) in [4.78, 5) is 66.3. The van der Waals surface area contributed by atoms with Gasteiger partial charge in [0.1, 0.15) is 11.6 Å². The molecule has 0 saturated heterocycles. The highest BCUT2D eigenvalue weighted by atomic mass is 16.2. The van der Waals surface area contributed by atoms with Gasteiger partial charge >= 0.3 is 0 Å². The van der Waals surface area contributed by atoms with Crippen molar-refractivity contribution in [1.29, 1.82) is 0 Å². The van der Waals surface area contributed by atoms with E-state index in [0.29, 0.717) is 25.8 Å². The molecule has 0 rings (SSSR count). The minimum Gasteiger partial charge on any atom is -0.355 e. The summed E-state index contributed by atoms with van der Waals surface area (Å²) in [6.45, 7) is 13.7. The summed E-state index contributed by atoms with van der Waals surface area (Å²) in [5, 5.41) is 10.9. The molecule has 0 aromatic carbocycles. The number of carbonyl (C=O) groups excluding carboxylic acids is 5. The van der Waals surface area contributed by atoms with Crippen molar-refractivity contribution in [3.63, 3.8) is 0 Å². The van der Waals surface area contributed by atoms with Gasteiger partial charge in [-0.05, 0) is 60.5 Å². The summed E-state index contributed by atoms with van der Waals surface area (Å²) in [6, 6.07) is -1.06. The zero-order valence-electron chi connectivity index (χ0n) is 24.3. The molecule has 0 aliphatic carbocycles. The second-order valence-corrected chi connectivity index (χ2v) is 10.8. The van der Waals surface area contributed by atoms with Gasteiger partial charge < -0.3 is 31.1 Å². The molecule has 11 heteroatoms. The van der Waals surface area contributed by atoms with Crippen LogP contribution in [0.25, 0.3) is 0 Å². The molecule has 1 atom stereocenters. The van der Waals surface area contributed by atoms with Crippen LogP contribution in [0.3, 0.4) is 0 Å². The molecule has 0 saturated carbocycles. The van der Waals surface area contributed by atoms with Gasteiger partial charge in [0.15, 0.2) is 0 Å². The molecule has 0 aliphatic rings. The Bertz CT molecular complexity index is 767. The molecule has 0 aliphatic heterocycles. The van der Waals surface area contributed by atoms with Crippen molar-refractivity contribution in [3.05, 3.63) is 0 Å². The van der Waals surface area contributed by atoms with Gasteiger partial charge in [0.25, 0.3) is 0 Å². The fourth-order valence-electron chi connectivity index (χ4n) is 3.94. The van der Waals surface area contributed by atoms with Gasteiger partial charge in [0.2, 0.25) is 29.5 Å². The SMILES string of the molecule is CCCC(=O)N[C@@H](CC(C)C)C(=O)NCC(=O)N(C(C)C)C(C)(C)C(=O)NCCC(=O)NCCN(C)C. The largest absolute Gasteiger partial charge is 0.355 e. The van der Waals surface area contributed by atoms with Gasteiger partial charge in [-0.25, -0.2) is 0 Å². The Labute approximate surface area is 222 Å². The number of amides is 5. The molecule has 0 spiro atoms. The zero-order valence-corrected chi connectivity index (χ0v) is 24.3. The third kappa shape index (κ3) is 13.4. The number of nitrogens with zero attached hydrogens (tertiary/aromatic N) is 2. The zero-order chi connectivity index (χ0) is 28.8. The van der Waals surface area contributed by atoms with Gasteiger partial charge in [0.05, 0.1) is 6.54 Å². The van der Waals surface area contributed by atoms with E-state index in [0.717, 1.165) is 6.54 Å². The molecule has 0 bridgehead atoms. The molecular formula is C26H50N6O5. The fraction of sp³-hybridized carbons (Fsp3) is 0.808. The first kappa shape index (κ1) is 34.3. The van der Waals surface area contributed by atoms with Crippen LogP contribution in [0, 0.1) is 5.92 Å². The van der Waals surface area contributed by atoms with Crippen LogP contribution in [0.5, 0.6) is 0 Å². The fourth-order valence-corrected chi connectivity index (χ4v) is 3.94. The Morgan fingerprint density at radius 2 is 1.46 bits per heavy atom. The van der Waals surface area contributed by atoms with Crippen LogP contribution < -0.4 is 21.3 Å². The van der Waals surface area contributed by atoms with Gasteiger partial charge in [-0.1, -0.05) is 20.8 Å². The molecule has 0 aromatic heterocycles. The van der Waals surface area contributed by atoms with Crippen molar-refractivity contribution in [2.75, 3.05) is 40.3 Å². The maximum atomic E-state index is 13.1. The van der Waals surface area contributed by atoms with Crippen molar-refractivity contribution in [2.24, 2.45) is 5.92 Å². The van der Waals surface area contributed by atoms with Crippen LogP contribution >= 0.6 is 0 Å². The monoisotopic (exact) mass is 526 g/mol. The highest BCUT2D eigenvalue weighted by Gasteiger charge is 2.39. The third-order valence-corrected chi connectivity index (χ3v) is 5.71. The Morgan fingerprint density at radius 1 is 0.838 bits per heavy atom. The van der Waals surface area contributed by atoms with Gasteiger partial charge in [0, 0.05) is 38.5 Å². The predicted octanol–water partition coefficient (Wildman–Crippen LogP) is 0.633. The van der Waals surface area contributed by atoms with Gasteiger partial charge in [-0.15, -0.1) is 0 Å². The van der Waals surface area contributed by atoms with Crippen LogP contribution in [-0.2, 0) is 24.0 Å². The van der Waals surface area contributed by atoms with Gasteiger partial charge in [-0.2, -0.15) is 0 Å². The molecule has 11 nitrogen and oxygen atoms in total. The first-order valence-electron chi connectivity index (χ1n) is 13.2. The van der Waals surface area contributed by atoms with E-state index in [9.17, 15) is 24.0 Å². The van der Waals surface area contributed by atoms with Crippen molar-refractivity contribution in [3.8, 4) is 0 Å². The maximum absolute atomic E-state index is 13.1. The number of hydrogen-bond donors (Lipinski definition) is 4. The quantitative estimate of drug-likeness (QED) is 0.219. The molecular weight excluding hydrogens is 476 g/mol. The van der Waals surface area contributed by atoms with Crippen molar-refractivity contribution >= 4 is 29.5 Å². The summed E-state index contributed by atoms with van der Waals surface area (Å²) in [7, 11) is 3.83. The molecule has 37 heavy (non-hydrogen) atoms. The standard InChI is InChI=1S/C26H50N6O5/c1-10-11-22(34)30-20(16-18(2)3)24(36)29-17-23(35)32(19(4)5)26(6,7)25(37)28-13-12-21(33)27-14-15-31(8)9/h18-20H,10-17H2,1-9H3,(H,27,33)(H,28,37)(H,29,36)(H,30,34)/t20-/m0/s1. The smallest absolute Gasteiger partial charge is 0.245 e. The van der Waals surface area contributed by atoms with E-state index < -0.39 is 29.3 Å². The summed E-state index contributed by atoms with van der Waals surface area (Å²) in [5.41, 5.74) is -1.22. The van der Waals surface area contributed by atoms with Crippen LogP contribution in [-0.4, -0.2) is 97.2 Å². The summed E-state index contributed by atoms with van der Waals surface area (Å²) >= 11 is 0. The lowest BCUT2D eigenvalue weighted by molar-refractivity contribution is -0.148. The highest BCUT2D eigenvalue weighted by molar-refractivity contribution is 5.94. The molecule has 0 unspecified atom stereocenters. The predicted molar refractivity (Wildman–Crippen MR) is 145 cm³/mol. The van der Waals surface area contributed by atoms with Crippen LogP contribution in [0.15, 0.2) is 0 Å². The van der Waals surface area contributed by atoms with E-state index in [2.05, 4.69) is 21.3 Å². The molecule has 0 aromatic rings. The second-order valence-electron chi connectivity index (χ2n) is 10.8. The summed E-state index contributed by atoms with van der Waals surface area (Å²) < 4.78 is 0. The molecule has 0 fully saturated rings. The Morgan fingerprint density at radius 3 is 1.97 bits per heavy atom. The van der Waals surface area contributed by atoms with E-state index >= 15 is 0 Å². The number of likely N-dealkylation sites (N-methyl/N-ethyl adjacent to an activating group) is 1. The van der Waals surface area contributed by atoms with E-state index in [1.54, 1.807) is 27.7 Å². The van der Waals surface area contributed by atoms with E-state index in [4.69, 9.17) is 0 Å². The van der Waals surface area contributed by atoms with E-state index in [1.165, 1.54) is 4.90 Å².